The predicted octanol–water partition coefficient (Wildman–Crippen LogP) is 2.43. The van der Waals surface area contributed by atoms with Crippen molar-refractivity contribution in [3.63, 3.8) is 0 Å². The van der Waals surface area contributed by atoms with Gasteiger partial charge in [-0.05, 0) is 32.6 Å². The summed E-state index contributed by atoms with van der Waals surface area (Å²) < 4.78 is 1.63. The molecule has 1 aromatic heterocycles. The zero-order chi connectivity index (χ0) is 12.6. The zero-order valence-corrected chi connectivity index (χ0v) is 10.2. The largest absolute Gasteiger partial charge is 0.378 e. The maximum Gasteiger partial charge on any atom is 0.333 e. The molecule has 1 fully saturated rings. The fourth-order valence-electron chi connectivity index (χ4n) is 2.73. The minimum absolute atomic E-state index is 0.0464. The number of nitrogens with two attached hydrogens (primary N) is 1. The smallest absolute Gasteiger partial charge is 0.333 e. The number of nitro groups is 1. The average molecular weight is 238 g/mol. The summed E-state index contributed by atoms with van der Waals surface area (Å²) in [7, 11) is 0. The van der Waals surface area contributed by atoms with E-state index in [0.717, 1.165) is 12.8 Å². The first-order chi connectivity index (χ1) is 8.02. The Morgan fingerprint density at radius 3 is 2.59 bits per heavy atom. The Kier molecular flexibility index (Phi) is 3.04. The van der Waals surface area contributed by atoms with Gasteiger partial charge in [-0.1, -0.05) is 12.8 Å². The number of nitrogen functional groups attached to an aromatic ring is 1. The molecule has 0 bridgehead atoms. The van der Waals surface area contributed by atoms with E-state index in [9.17, 15) is 10.1 Å². The molecule has 2 N–H and O–H groups in total. The SMILES string of the molecule is Cc1nn(C(C)C2CCCC2)c(N)c1[N+](=O)[O-]. The highest BCUT2D eigenvalue weighted by atomic mass is 16.6. The molecule has 1 saturated carbocycles. The minimum Gasteiger partial charge on any atom is -0.378 e. The van der Waals surface area contributed by atoms with Crippen LogP contribution in [0.4, 0.5) is 11.5 Å². The molecule has 1 aromatic rings. The first-order valence-corrected chi connectivity index (χ1v) is 6.01. The van der Waals surface area contributed by atoms with Gasteiger partial charge in [0.05, 0.1) is 11.0 Å². The Hall–Kier alpha value is -1.59. The molecule has 0 radical (unpaired) electrons. The van der Waals surface area contributed by atoms with Crippen molar-refractivity contribution in [1.29, 1.82) is 0 Å². The monoisotopic (exact) mass is 238 g/mol. The number of nitrogens with zero attached hydrogens (tertiary/aromatic N) is 3. The predicted molar refractivity (Wildman–Crippen MR) is 64.7 cm³/mol. The van der Waals surface area contributed by atoms with E-state index < -0.39 is 4.92 Å². The highest BCUT2D eigenvalue weighted by Gasteiger charge is 2.29. The summed E-state index contributed by atoms with van der Waals surface area (Å²) in [5.74, 6) is 0.725. The fraction of sp³-hybridized carbons (Fsp3) is 0.727. The van der Waals surface area contributed by atoms with Gasteiger partial charge >= 0.3 is 5.69 Å². The van der Waals surface area contributed by atoms with E-state index in [4.69, 9.17) is 5.73 Å². The Morgan fingerprint density at radius 2 is 2.12 bits per heavy atom. The number of anilines is 1. The quantitative estimate of drug-likeness (QED) is 0.647. The molecule has 17 heavy (non-hydrogen) atoms. The number of hydrogen-bond donors (Lipinski definition) is 1. The molecule has 0 saturated heterocycles. The zero-order valence-electron chi connectivity index (χ0n) is 10.2. The lowest BCUT2D eigenvalue weighted by Gasteiger charge is -2.19. The van der Waals surface area contributed by atoms with E-state index in [2.05, 4.69) is 5.10 Å². The third-order valence-corrected chi connectivity index (χ3v) is 3.74. The van der Waals surface area contributed by atoms with Gasteiger partial charge in [-0.15, -0.1) is 0 Å². The molecule has 6 nitrogen and oxygen atoms in total. The molecule has 94 valence electrons. The van der Waals surface area contributed by atoms with Gasteiger partial charge in [-0.3, -0.25) is 10.1 Å². The molecule has 6 heteroatoms. The molecule has 1 unspecified atom stereocenters. The van der Waals surface area contributed by atoms with Crippen molar-refractivity contribution in [3.8, 4) is 0 Å². The Morgan fingerprint density at radius 1 is 1.53 bits per heavy atom. The van der Waals surface area contributed by atoms with Crippen LogP contribution in [0.3, 0.4) is 0 Å². The van der Waals surface area contributed by atoms with Crippen LogP contribution in [0.5, 0.6) is 0 Å². The summed E-state index contributed by atoms with van der Waals surface area (Å²) in [5.41, 5.74) is 6.19. The van der Waals surface area contributed by atoms with E-state index >= 15 is 0 Å². The molecule has 0 aliphatic heterocycles. The van der Waals surface area contributed by atoms with Crippen molar-refractivity contribution >= 4 is 11.5 Å². The lowest BCUT2D eigenvalue weighted by Crippen LogP contribution is -2.17. The van der Waals surface area contributed by atoms with E-state index in [-0.39, 0.29) is 17.5 Å². The van der Waals surface area contributed by atoms with Gasteiger partial charge in [0.15, 0.2) is 0 Å². The number of aryl methyl sites for hydroxylation is 1. The van der Waals surface area contributed by atoms with Gasteiger partial charge in [0.1, 0.15) is 5.69 Å². The molecule has 1 aliphatic rings. The first kappa shape index (κ1) is 11.9. The van der Waals surface area contributed by atoms with Crippen molar-refractivity contribution in [2.75, 3.05) is 5.73 Å². The summed E-state index contributed by atoms with van der Waals surface area (Å²) in [4.78, 5) is 10.4. The van der Waals surface area contributed by atoms with Gasteiger partial charge in [-0.25, -0.2) is 4.68 Å². The van der Waals surface area contributed by atoms with Gasteiger partial charge in [-0.2, -0.15) is 5.10 Å². The normalized spacial score (nSPS) is 18.5. The average Bonchev–Trinajstić information content (AvgIpc) is 2.85. The van der Waals surface area contributed by atoms with Crippen LogP contribution in [0.25, 0.3) is 0 Å². The standard InChI is InChI=1S/C11H18N4O2/c1-7-10(15(16)17)11(12)14(13-7)8(2)9-5-3-4-6-9/h8-9H,3-6,12H2,1-2H3. The second kappa shape index (κ2) is 4.35. The number of aromatic nitrogens is 2. The molecule has 1 heterocycles. The highest BCUT2D eigenvalue weighted by Crippen LogP contribution is 2.37. The van der Waals surface area contributed by atoms with Gasteiger partial charge in [0.25, 0.3) is 0 Å². The molecular weight excluding hydrogens is 220 g/mol. The summed E-state index contributed by atoms with van der Waals surface area (Å²) in [6, 6.07) is 0.143. The lowest BCUT2D eigenvalue weighted by atomic mass is 10.00. The Bertz CT molecular complexity index is 435. The van der Waals surface area contributed by atoms with Gasteiger partial charge < -0.3 is 5.73 Å². The first-order valence-electron chi connectivity index (χ1n) is 6.01. The summed E-state index contributed by atoms with van der Waals surface area (Å²) in [6.07, 6.45) is 4.79. The van der Waals surface area contributed by atoms with Crippen molar-refractivity contribution in [1.82, 2.24) is 9.78 Å². The maximum absolute atomic E-state index is 10.9. The van der Waals surface area contributed by atoms with E-state index in [1.165, 1.54) is 12.8 Å². The molecule has 0 spiro atoms. The van der Waals surface area contributed by atoms with Crippen LogP contribution in [0, 0.1) is 23.0 Å². The highest BCUT2D eigenvalue weighted by molar-refractivity contribution is 5.56. The van der Waals surface area contributed by atoms with Crippen molar-refractivity contribution < 1.29 is 4.92 Å². The molecular formula is C11H18N4O2. The second-order valence-corrected chi connectivity index (χ2v) is 4.81. The van der Waals surface area contributed by atoms with Crippen LogP contribution >= 0.6 is 0 Å². The van der Waals surface area contributed by atoms with Crippen LogP contribution in [0.2, 0.25) is 0 Å². The van der Waals surface area contributed by atoms with Crippen molar-refractivity contribution in [3.05, 3.63) is 15.8 Å². The Labute approximate surface area is 99.9 Å². The maximum atomic E-state index is 10.9. The summed E-state index contributed by atoms with van der Waals surface area (Å²) in [6.45, 7) is 3.68. The van der Waals surface area contributed by atoms with Crippen LogP contribution in [0.1, 0.15) is 44.3 Å². The third kappa shape index (κ3) is 1.99. The summed E-state index contributed by atoms with van der Waals surface area (Å²) >= 11 is 0. The van der Waals surface area contributed by atoms with E-state index in [1.807, 2.05) is 6.92 Å². The minimum atomic E-state index is -0.449. The molecule has 0 aromatic carbocycles. The van der Waals surface area contributed by atoms with E-state index in [0.29, 0.717) is 11.6 Å². The fourth-order valence-corrected chi connectivity index (χ4v) is 2.73. The van der Waals surface area contributed by atoms with Crippen molar-refractivity contribution in [2.45, 2.75) is 45.6 Å². The van der Waals surface area contributed by atoms with Crippen LogP contribution in [0.15, 0.2) is 0 Å². The van der Waals surface area contributed by atoms with Crippen LogP contribution in [-0.2, 0) is 0 Å². The molecule has 2 rings (SSSR count). The molecule has 1 atom stereocenters. The summed E-state index contributed by atoms with van der Waals surface area (Å²) in [5, 5.41) is 15.1. The molecule has 1 aliphatic carbocycles. The van der Waals surface area contributed by atoms with E-state index in [1.54, 1.807) is 11.6 Å². The number of rotatable bonds is 3. The third-order valence-electron chi connectivity index (χ3n) is 3.74. The Balaban J connectivity index is 2.32. The van der Waals surface area contributed by atoms with Gasteiger partial charge in [0, 0.05) is 0 Å². The van der Waals surface area contributed by atoms with Crippen LogP contribution < -0.4 is 5.73 Å². The topological polar surface area (TPSA) is 87.0 Å². The van der Waals surface area contributed by atoms with Gasteiger partial charge in [0.2, 0.25) is 5.82 Å². The van der Waals surface area contributed by atoms with Crippen LogP contribution in [-0.4, -0.2) is 14.7 Å². The second-order valence-electron chi connectivity index (χ2n) is 4.81. The number of hydrogen-bond acceptors (Lipinski definition) is 4. The molecule has 0 amide bonds. The van der Waals surface area contributed by atoms with Crippen molar-refractivity contribution in [2.24, 2.45) is 5.92 Å². The lowest BCUT2D eigenvalue weighted by molar-refractivity contribution is -0.384.